The van der Waals surface area contributed by atoms with Crippen molar-refractivity contribution < 1.29 is 28.4 Å². The summed E-state index contributed by atoms with van der Waals surface area (Å²) < 4.78 is 14.5. The van der Waals surface area contributed by atoms with Crippen LogP contribution in [0.15, 0.2) is 12.1 Å². The molecule has 1 aliphatic rings. The Kier molecular flexibility index (Phi) is 11.1. The molecule has 1 fully saturated rings. The van der Waals surface area contributed by atoms with Crippen molar-refractivity contribution in [2.24, 2.45) is 5.92 Å². The first-order chi connectivity index (χ1) is 14.8. The molecule has 0 radical (unpaired) electrons. The normalized spacial score (nSPS) is 14.5. The number of amides is 2. The number of nitrogens with zero attached hydrogens (tertiary/aromatic N) is 2. The molecule has 0 saturated carbocycles. The maximum Gasteiger partial charge on any atom is 0.254 e. The van der Waals surface area contributed by atoms with Crippen molar-refractivity contribution >= 4 is 36.9 Å². The number of carbonyl (C=O) groups is 5. The molecule has 1 N–H and O–H groups in total. The first-order valence-corrected chi connectivity index (χ1v) is 10.1. The third-order valence-corrected chi connectivity index (χ3v) is 5.35. The first-order valence-electron chi connectivity index (χ1n) is 10.1. The molecule has 2 amide bonds. The van der Waals surface area contributed by atoms with Crippen molar-refractivity contribution in [2.75, 3.05) is 32.1 Å². The second kappa shape index (κ2) is 13.3. The summed E-state index contributed by atoms with van der Waals surface area (Å²) in [6.07, 6.45) is 4.92. The number of halogens is 1. The van der Waals surface area contributed by atoms with Gasteiger partial charge in [-0.1, -0.05) is 0 Å². The molecule has 1 saturated heterocycles. The molecule has 0 aliphatic carbocycles. The highest BCUT2D eigenvalue weighted by Gasteiger charge is 2.26. The SMILES string of the molecule is CC(CCC=O)N(C)C(=O)c1cc(N2CCC(C=O)CC2)c(F)cc1C=O.CNC=O. The molecule has 2 rings (SSSR count). The van der Waals surface area contributed by atoms with E-state index in [1.165, 1.54) is 11.0 Å². The van der Waals surface area contributed by atoms with Crippen molar-refractivity contribution in [3.8, 4) is 0 Å². The van der Waals surface area contributed by atoms with Crippen LogP contribution in [0.4, 0.5) is 10.1 Å². The summed E-state index contributed by atoms with van der Waals surface area (Å²) in [6.45, 7) is 2.84. The molecule has 1 unspecified atom stereocenters. The third-order valence-electron chi connectivity index (χ3n) is 5.35. The monoisotopic (exact) mass is 435 g/mol. The van der Waals surface area contributed by atoms with E-state index in [0.29, 0.717) is 51.5 Å². The second-order valence-electron chi connectivity index (χ2n) is 7.38. The van der Waals surface area contributed by atoms with E-state index in [-0.39, 0.29) is 34.7 Å². The number of nitrogens with one attached hydrogen (secondary N) is 1. The number of hydrogen-bond donors (Lipinski definition) is 1. The van der Waals surface area contributed by atoms with Crippen LogP contribution in [0.25, 0.3) is 0 Å². The molecule has 0 bridgehead atoms. The molecule has 1 aliphatic heterocycles. The van der Waals surface area contributed by atoms with E-state index in [1.807, 2.05) is 6.92 Å². The Hall–Kier alpha value is -3.10. The minimum absolute atomic E-state index is 0.00142. The quantitative estimate of drug-likeness (QED) is 0.594. The van der Waals surface area contributed by atoms with Crippen LogP contribution >= 0.6 is 0 Å². The average Bonchev–Trinajstić information content (AvgIpc) is 2.81. The van der Waals surface area contributed by atoms with Crippen LogP contribution < -0.4 is 10.2 Å². The topological polar surface area (TPSA) is 104 Å². The summed E-state index contributed by atoms with van der Waals surface area (Å²) in [4.78, 5) is 58.0. The Morgan fingerprint density at radius 1 is 1.26 bits per heavy atom. The molecule has 1 aromatic carbocycles. The summed E-state index contributed by atoms with van der Waals surface area (Å²) in [5, 5.41) is 2.25. The maximum absolute atomic E-state index is 14.5. The summed E-state index contributed by atoms with van der Waals surface area (Å²) in [5.41, 5.74) is 0.403. The molecule has 1 aromatic rings. The lowest BCUT2D eigenvalue weighted by atomic mass is 9.97. The van der Waals surface area contributed by atoms with Gasteiger partial charge in [0.05, 0.1) is 11.3 Å². The lowest BCUT2D eigenvalue weighted by Crippen LogP contribution is -2.37. The van der Waals surface area contributed by atoms with Gasteiger partial charge < -0.3 is 24.7 Å². The van der Waals surface area contributed by atoms with Gasteiger partial charge in [-0.15, -0.1) is 0 Å². The molecule has 170 valence electrons. The minimum Gasteiger partial charge on any atom is -0.369 e. The summed E-state index contributed by atoms with van der Waals surface area (Å²) >= 11 is 0. The molecule has 9 heteroatoms. The van der Waals surface area contributed by atoms with Gasteiger partial charge in [0, 0.05) is 51.1 Å². The minimum atomic E-state index is -0.560. The Bertz CT molecular complexity index is 779. The van der Waals surface area contributed by atoms with Gasteiger partial charge in [0.15, 0.2) is 6.29 Å². The Balaban J connectivity index is 0.00000110. The number of benzene rings is 1. The van der Waals surface area contributed by atoms with E-state index in [2.05, 4.69) is 5.32 Å². The van der Waals surface area contributed by atoms with Gasteiger partial charge in [0.25, 0.3) is 5.91 Å². The Morgan fingerprint density at radius 2 is 1.87 bits per heavy atom. The molecule has 0 aromatic heterocycles. The van der Waals surface area contributed by atoms with E-state index in [4.69, 9.17) is 4.79 Å². The summed E-state index contributed by atoms with van der Waals surface area (Å²) in [7, 11) is 3.16. The van der Waals surface area contributed by atoms with Crippen LogP contribution in [-0.2, 0) is 14.4 Å². The van der Waals surface area contributed by atoms with Crippen LogP contribution in [0.3, 0.4) is 0 Å². The molecule has 0 spiro atoms. The van der Waals surface area contributed by atoms with Gasteiger partial charge in [-0.25, -0.2) is 4.39 Å². The summed E-state index contributed by atoms with van der Waals surface area (Å²) in [5.74, 6) is -0.973. The van der Waals surface area contributed by atoms with Crippen LogP contribution in [0, 0.1) is 11.7 Å². The zero-order valence-corrected chi connectivity index (χ0v) is 18.2. The highest BCUT2D eigenvalue weighted by molar-refractivity contribution is 6.02. The fourth-order valence-corrected chi connectivity index (χ4v) is 3.27. The van der Waals surface area contributed by atoms with Crippen molar-refractivity contribution in [3.05, 3.63) is 29.1 Å². The number of piperidine rings is 1. The number of carbonyl (C=O) groups excluding carboxylic acids is 5. The molecule has 31 heavy (non-hydrogen) atoms. The average molecular weight is 435 g/mol. The van der Waals surface area contributed by atoms with Crippen molar-refractivity contribution in [1.82, 2.24) is 10.2 Å². The number of aldehydes is 3. The van der Waals surface area contributed by atoms with Gasteiger partial charge >= 0.3 is 0 Å². The van der Waals surface area contributed by atoms with Gasteiger partial charge in [0.2, 0.25) is 6.41 Å². The molecular formula is C22H30FN3O5. The van der Waals surface area contributed by atoms with E-state index in [0.717, 1.165) is 18.6 Å². The summed E-state index contributed by atoms with van der Waals surface area (Å²) in [6, 6.07) is 2.32. The number of anilines is 1. The second-order valence-corrected chi connectivity index (χ2v) is 7.38. The first kappa shape index (κ1) is 25.9. The smallest absolute Gasteiger partial charge is 0.254 e. The fraction of sp³-hybridized carbons (Fsp3) is 0.500. The number of hydrogen-bond acceptors (Lipinski definition) is 6. The van der Waals surface area contributed by atoms with E-state index >= 15 is 0 Å². The standard InChI is InChI=1S/C20H25FN2O4.C2H5NO/c1-14(4-3-9-24)22(2)20(27)17-11-19(18(21)10-16(17)13-26)23-7-5-15(12-25)6-8-23;1-3-2-4/h9-15H,3-8H2,1-2H3;2H,1H3,(H,3,4). The van der Waals surface area contributed by atoms with Crippen LogP contribution in [0.2, 0.25) is 0 Å². The molecular weight excluding hydrogens is 405 g/mol. The van der Waals surface area contributed by atoms with E-state index < -0.39 is 5.82 Å². The van der Waals surface area contributed by atoms with Crippen molar-refractivity contribution in [3.63, 3.8) is 0 Å². The zero-order valence-electron chi connectivity index (χ0n) is 18.2. The Morgan fingerprint density at radius 3 is 2.35 bits per heavy atom. The predicted octanol–water partition coefficient (Wildman–Crippen LogP) is 1.86. The lowest BCUT2D eigenvalue weighted by Gasteiger charge is -2.32. The van der Waals surface area contributed by atoms with Gasteiger partial charge in [-0.2, -0.15) is 0 Å². The van der Waals surface area contributed by atoms with Gasteiger partial charge in [0.1, 0.15) is 18.4 Å². The van der Waals surface area contributed by atoms with Crippen LogP contribution in [-0.4, -0.2) is 69.3 Å². The molecule has 8 nitrogen and oxygen atoms in total. The van der Waals surface area contributed by atoms with Crippen molar-refractivity contribution in [2.45, 2.75) is 38.6 Å². The van der Waals surface area contributed by atoms with Crippen LogP contribution in [0.1, 0.15) is 53.3 Å². The third kappa shape index (κ3) is 7.27. The predicted molar refractivity (Wildman–Crippen MR) is 115 cm³/mol. The van der Waals surface area contributed by atoms with Crippen molar-refractivity contribution in [1.29, 1.82) is 0 Å². The van der Waals surface area contributed by atoms with E-state index in [9.17, 15) is 23.6 Å². The van der Waals surface area contributed by atoms with Crippen LogP contribution in [0.5, 0.6) is 0 Å². The fourth-order valence-electron chi connectivity index (χ4n) is 3.27. The van der Waals surface area contributed by atoms with Gasteiger partial charge in [-0.05, 0) is 38.3 Å². The largest absolute Gasteiger partial charge is 0.369 e. The highest BCUT2D eigenvalue weighted by atomic mass is 19.1. The zero-order chi connectivity index (χ0) is 23.4. The maximum atomic E-state index is 14.5. The lowest BCUT2D eigenvalue weighted by molar-refractivity contribution is -0.111. The molecule has 1 heterocycles. The Labute approximate surface area is 181 Å². The van der Waals surface area contributed by atoms with Gasteiger partial charge in [-0.3, -0.25) is 14.4 Å². The molecule has 1 atom stereocenters. The number of rotatable bonds is 9. The van der Waals surface area contributed by atoms with E-state index in [1.54, 1.807) is 19.0 Å². The highest BCUT2D eigenvalue weighted by Crippen LogP contribution is 2.28.